The van der Waals surface area contributed by atoms with Gasteiger partial charge in [0.2, 0.25) is 18.2 Å². The van der Waals surface area contributed by atoms with Crippen molar-refractivity contribution < 1.29 is 67.4 Å². The lowest BCUT2D eigenvalue weighted by Gasteiger charge is -2.44. The molecule has 1 aromatic rings. The monoisotopic (exact) mass is 598 g/mol. The van der Waals surface area contributed by atoms with Gasteiger partial charge in [-0.15, -0.1) is 0 Å². The van der Waals surface area contributed by atoms with Gasteiger partial charge in [0.15, 0.2) is 29.5 Å². The second kappa shape index (κ2) is 12.1. The number of benzene rings is 1. The molecular weight excluding hydrogens is 572 g/mol. The van der Waals surface area contributed by atoms with E-state index in [0.717, 1.165) is 27.7 Å². The van der Waals surface area contributed by atoms with Crippen LogP contribution in [0.3, 0.4) is 0 Å². The Bertz CT molecular complexity index is 1360. The highest BCUT2D eigenvalue weighted by atomic mass is 35.5. The van der Waals surface area contributed by atoms with Crippen molar-refractivity contribution in [2.45, 2.75) is 72.2 Å². The molecule has 15 heteroatoms. The van der Waals surface area contributed by atoms with Gasteiger partial charge in [-0.3, -0.25) is 28.8 Å². The molecule has 14 nitrogen and oxygen atoms in total. The molecule has 2 N–H and O–H groups in total. The number of phenolic OH excluding ortho intramolecular Hbond substituents is 2. The number of halogens is 1. The minimum Gasteiger partial charge on any atom is -0.507 e. The lowest BCUT2D eigenvalue weighted by atomic mass is 9.86. The topological polar surface area (TPSA) is 198 Å². The fraction of sp³-hybridized carbons (Fsp3) is 0.462. The van der Waals surface area contributed by atoms with Crippen molar-refractivity contribution in [1.82, 2.24) is 0 Å². The number of hydrogen-bond donors (Lipinski definition) is 2. The normalized spacial score (nSPS) is 23.8. The Morgan fingerprint density at radius 1 is 0.780 bits per heavy atom. The van der Waals surface area contributed by atoms with E-state index < -0.39 is 106 Å². The molecule has 1 heterocycles. The van der Waals surface area contributed by atoms with Gasteiger partial charge in [-0.25, -0.2) is 0 Å². The number of Topliss-reactive ketones (excluding diaryl/α,β-unsaturated/α-hetero) is 2. The first-order valence-electron chi connectivity index (χ1n) is 12.1. The zero-order valence-corrected chi connectivity index (χ0v) is 23.5. The molecule has 2 aliphatic rings. The Kier molecular flexibility index (Phi) is 9.29. The van der Waals surface area contributed by atoms with Crippen LogP contribution < -0.4 is 4.74 Å². The highest BCUT2D eigenvalue weighted by Gasteiger charge is 2.54. The summed E-state index contributed by atoms with van der Waals surface area (Å²) >= 11 is 5.96. The van der Waals surface area contributed by atoms with E-state index in [9.17, 15) is 39.0 Å². The quantitative estimate of drug-likeness (QED) is 0.261. The van der Waals surface area contributed by atoms with Crippen LogP contribution in [0.1, 0.15) is 60.9 Å². The number of aromatic hydroxyl groups is 2. The van der Waals surface area contributed by atoms with Crippen LogP contribution in [0.2, 0.25) is 0 Å². The van der Waals surface area contributed by atoms with E-state index in [-0.39, 0.29) is 11.1 Å². The van der Waals surface area contributed by atoms with E-state index in [1.807, 2.05) is 0 Å². The number of rotatable bonds is 7. The fourth-order valence-electron chi connectivity index (χ4n) is 4.38. The Morgan fingerprint density at radius 2 is 1.29 bits per heavy atom. The zero-order valence-electron chi connectivity index (χ0n) is 22.8. The molecule has 0 unspecified atom stereocenters. The molecule has 0 spiro atoms. The first-order valence-corrected chi connectivity index (χ1v) is 12.5. The van der Waals surface area contributed by atoms with Crippen molar-refractivity contribution in [3.63, 3.8) is 0 Å². The molecule has 1 aromatic carbocycles. The van der Waals surface area contributed by atoms with E-state index in [4.69, 9.17) is 40.0 Å². The third-order valence-electron chi connectivity index (χ3n) is 6.14. The number of fused-ring (bicyclic) bond motifs is 1. The Balaban J connectivity index is 2.18. The number of ether oxygens (including phenoxy) is 6. The van der Waals surface area contributed by atoms with Crippen molar-refractivity contribution in [2.75, 3.05) is 6.61 Å². The SMILES string of the molecule is CC(=O)OC[C@H]1O[C@@H](Oc2c(C)c(O)c3c(c2O)C(=O)C(C)=C(Cl)C3=O)[C@H](OC(C)=O)[C@@H](OC(C)=O)[C@@H]1OC(C)=O. The molecule has 0 amide bonds. The molecule has 1 aliphatic heterocycles. The molecule has 41 heavy (non-hydrogen) atoms. The Morgan fingerprint density at radius 3 is 1.83 bits per heavy atom. The summed E-state index contributed by atoms with van der Waals surface area (Å²) in [5, 5.41) is 21.5. The van der Waals surface area contributed by atoms with Gasteiger partial charge in [0.25, 0.3) is 0 Å². The highest BCUT2D eigenvalue weighted by Crippen LogP contribution is 2.48. The minimum absolute atomic E-state index is 0.194. The molecule has 1 aliphatic carbocycles. The van der Waals surface area contributed by atoms with E-state index in [2.05, 4.69) is 0 Å². The van der Waals surface area contributed by atoms with Gasteiger partial charge in [-0.1, -0.05) is 11.6 Å². The van der Waals surface area contributed by atoms with Gasteiger partial charge >= 0.3 is 23.9 Å². The van der Waals surface area contributed by atoms with Crippen LogP contribution in [0.25, 0.3) is 0 Å². The summed E-state index contributed by atoms with van der Waals surface area (Å²) < 4.78 is 32.6. The molecule has 0 radical (unpaired) electrons. The van der Waals surface area contributed by atoms with Gasteiger partial charge in [0.05, 0.1) is 16.2 Å². The number of carbonyl (C=O) groups excluding carboxylic acids is 6. The second-order valence-electron chi connectivity index (χ2n) is 9.18. The van der Waals surface area contributed by atoms with Crippen molar-refractivity contribution in [3.05, 3.63) is 27.3 Å². The van der Waals surface area contributed by atoms with Crippen molar-refractivity contribution in [3.8, 4) is 17.2 Å². The largest absolute Gasteiger partial charge is 0.507 e. The molecule has 0 bridgehead atoms. The number of esters is 4. The van der Waals surface area contributed by atoms with Crippen molar-refractivity contribution in [2.24, 2.45) is 0 Å². The van der Waals surface area contributed by atoms with Crippen LogP contribution >= 0.6 is 11.6 Å². The summed E-state index contributed by atoms with van der Waals surface area (Å²) in [6.45, 7) is 6.14. The standard InChI is InChI=1S/C26H27ClO14/c1-8-17(27)20(34)15-16(18(8)32)21(35)22(9(2)19(15)33)41-26-25(39-13(6)31)24(38-12(5)30)23(37-11(4)29)14(40-26)7-36-10(3)28/h14,23-26,33,35H,7H2,1-6H3/t14-,23-,24+,25-,26+/m1/s1. The van der Waals surface area contributed by atoms with Crippen LogP contribution in [-0.4, -0.2) is 83.0 Å². The van der Waals surface area contributed by atoms with Crippen molar-refractivity contribution >= 4 is 47.0 Å². The van der Waals surface area contributed by atoms with E-state index in [0.29, 0.717) is 0 Å². The lowest BCUT2D eigenvalue weighted by Crippen LogP contribution is -2.63. The molecule has 222 valence electrons. The summed E-state index contributed by atoms with van der Waals surface area (Å²) in [6.07, 6.45) is -7.88. The average Bonchev–Trinajstić information content (AvgIpc) is 2.87. The third-order valence-corrected chi connectivity index (χ3v) is 6.60. The molecule has 1 saturated heterocycles. The summed E-state index contributed by atoms with van der Waals surface area (Å²) in [4.78, 5) is 73.2. The average molecular weight is 599 g/mol. The van der Waals surface area contributed by atoms with Crippen LogP contribution in [0, 0.1) is 6.92 Å². The summed E-state index contributed by atoms with van der Waals surface area (Å²) in [5.41, 5.74) is -1.57. The molecular formula is C26H27ClO14. The summed E-state index contributed by atoms with van der Waals surface area (Å²) in [6, 6.07) is 0. The predicted molar refractivity (Wildman–Crippen MR) is 134 cm³/mol. The minimum atomic E-state index is -1.78. The Hall–Kier alpha value is -4.17. The molecule has 1 fully saturated rings. The molecule has 0 aromatic heterocycles. The van der Waals surface area contributed by atoms with Crippen molar-refractivity contribution in [1.29, 1.82) is 0 Å². The predicted octanol–water partition coefficient (Wildman–Crippen LogP) is 1.76. The van der Waals surface area contributed by atoms with Gasteiger partial charge in [-0.05, 0) is 13.8 Å². The second-order valence-corrected chi connectivity index (χ2v) is 9.56. The summed E-state index contributed by atoms with van der Waals surface area (Å²) in [5.74, 6) is -7.32. The number of ketones is 2. The molecule has 3 rings (SSSR count). The Labute approximate surface area is 238 Å². The smallest absolute Gasteiger partial charge is 0.303 e. The maximum atomic E-state index is 13.0. The van der Waals surface area contributed by atoms with Crippen LogP contribution in [0.15, 0.2) is 10.6 Å². The number of carbonyl (C=O) groups is 6. The first-order chi connectivity index (χ1) is 19.1. The van der Waals surface area contributed by atoms with E-state index >= 15 is 0 Å². The van der Waals surface area contributed by atoms with E-state index in [1.165, 1.54) is 13.8 Å². The van der Waals surface area contributed by atoms with Crippen LogP contribution in [-0.2, 0) is 42.9 Å². The highest BCUT2D eigenvalue weighted by molar-refractivity contribution is 6.50. The van der Waals surface area contributed by atoms with Gasteiger partial charge < -0.3 is 38.6 Å². The number of hydrogen-bond acceptors (Lipinski definition) is 14. The van der Waals surface area contributed by atoms with Gasteiger partial charge in [0, 0.05) is 38.8 Å². The number of phenols is 2. The lowest BCUT2D eigenvalue weighted by molar-refractivity contribution is -0.288. The fourth-order valence-corrected chi connectivity index (χ4v) is 4.56. The van der Waals surface area contributed by atoms with Gasteiger partial charge in [0.1, 0.15) is 18.5 Å². The first kappa shape index (κ1) is 31.4. The number of allylic oxidation sites excluding steroid dienone is 2. The maximum Gasteiger partial charge on any atom is 0.303 e. The van der Waals surface area contributed by atoms with E-state index in [1.54, 1.807) is 0 Å². The van der Waals surface area contributed by atoms with Crippen LogP contribution in [0.5, 0.6) is 17.2 Å². The zero-order chi connectivity index (χ0) is 30.9. The third kappa shape index (κ3) is 6.28. The maximum absolute atomic E-state index is 13.0. The molecule has 5 atom stereocenters. The molecule has 0 saturated carbocycles. The van der Waals surface area contributed by atoms with Crippen LogP contribution in [0.4, 0.5) is 0 Å². The van der Waals surface area contributed by atoms with Gasteiger partial charge in [-0.2, -0.15) is 0 Å². The summed E-state index contributed by atoms with van der Waals surface area (Å²) in [7, 11) is 0.